The lowest BCUT2D eigenvalue weighted by molar-refractivity contribution is -0.244. The highest BCUT2D eigenvalue weighted by atomic mass is 19.3. The van der Waals surface area contributed by atoms with Crippen molar-refractivity contribution >= 4 is 0 Å². The monoisotopic (exact) mass is 488 g/mol. The first-order valence-corrected chi connectivity index (χ1v) is 13.8. The molecule has 1 aliphatic rings. The van der Waals surface area contributed by atoms with E-state index in [0.717, 1.165) is 37.2 Å². The zero-order valence-electron chi connectivity index (χ0n) is 21.6. The maximum absolute atomic E-state index is 14.5. The van der Waals surface area contributed by atoms with Crippen molar-refractivity contribution in [1.29, 1.82) is 0 Å². The first-order valence-electron chi connectivity index (χ1n) is 13.8. The zero-order valence-corrected chi connectivity index (χ0v) is 21.6. The van der Waals surface area contributed by atoms with Crippen molar-refractivity contribution < 1.29 is 17.9 Å². The highest BCUT2D eigenvalue weighted by molar-refractivity contribution is 5.26. The predicted octanol–water partition coefficient (Wildman–Crippen LogP) is 9.76. The zero-order chi connectivity index (χ0) is 25.1. The summed E-state index contributed by atoms with van der Waals surface area (Å²) in [6.45, 7) is 4.18. The van der Waals surface area contributed by atoms with Gasteiger partial charge in [-0.3, -0.25) is 0 Å². The Labute approximate surface area is 210 Å². The Morgan fingerprint density at radius 3 is 2.14 bits per heavy atom. The molecular formula is C31H43F3O. The maximum atomic E-state index is 14.5. The summed E-state index contributed by atoms with van der Waals surface area (Å²) in [6.07, 6.45) is 10.1. The van der Waals surface area contributed by atoms with Gasteiger partial charge in [0.2, 0.25) is 0 Å². The number of aryl methyl sites for hydroxylation is 1. The molecule has 2 aromatic carbocycles. The number of alkyl halides is 2. The Morgan fingerprint density at radius 1 is 0.829 bits per heavy atom. The minimum absolute atomic E-state index is 0.00473. The smallest absolute Gasteiger partial charge is 0.315 e. The van der Waals surface area contributed by atoms with Crippen molar-refractivity contribution in [2.45, 2.75) is 116 Å². The van der Waals surface area contributed by atoms with Crippen LogP contribution in [-0.4, -0.2) is 6.11 Å². The highest BCUT2D eigenvalue weighted by Gasteiger charge is 2.32. The van der Waals surface area contributed by atoms with Crippen molar-refractivity contribution in [1.82, 2.24) is 0 Å². The van der Waals surface area contributed by atoms with Crippen LogP contribution < -0.4 is 0 Å². The molecule has 2 aromatic rings. The quantitative estimate of drug-likeness (QED) is 0.240. The lowest BCUT2D eigenvalue weighted by atomic mass is 9.77. The van der Waals surface area contributed by atoms with E-state index in [2.05, 4.69) is 26.0 Å². The van der Waals surface area contributed by atoms with E-state index < -0.39 is 18.3 Å². The van der Waals surface area contributed by atoms with Gasteiger partial charge < -0.3 is 4.74 Å². The van der Waals surface area contributed by atoms with E-state index in [0.29, 0.717) is 11.5 Å². The number of unbranched alkanes of at least 4 members (excludes halogenated alkanes) is 4. The fraction of sp³-hybridized carbons (Fsp3) is 0.613. The largest absolute Gasteiger partial charge is 0.360 e. The molecule has 0 radical (unpaired) electrons. The fourth-order valence-electron chi connectivity index (χ4n) is 5.28. The molecule has 4 heteroatoms. The third kappa shape index (κ3) is 9.29. The number of hydrogen-bond acceptors (Lipinski definition) is 1. The van der Waals surface area contributed by atoms with Gasteiger partial charge in [0, 0.05) is 0 Å². The fourth-order valence-corrected chi connectivity index (χ4v) is 5.28. The van der Waals surface area contributed by atoms with E-state index in [1.54, 1.807) is 6.07 Å². The van der Waals surface area contributed by atoms with Gasteiger partial charge in [-0.15, -0.1) is 0 Å². The molecule has 0 bridgehead atoms. The topological polar surface area (TPSA) is 9.23 Å². The molecule has 35 heavy (non-hydrogen) atoms. The molecule has 0 unspecified atom stereocenters. The van der Waals surface area contributed by atoms with Gasteiger partial charge in [0.05, 0.1) is 13.0 Å². The Hall–Kier alpha value is -1.81. The van der Waals surface area contributed by atoms with Crippen molar-refractivity contribution in [2.24, 2.45) is 5.92 Å². The van der Waals surface area contributed by atoms with Crippen molar-refractivity contribution in [3.63, 3.8) is 0 Å². The number of halogens is 3. The van der Waals surface area contributed by atoms with E-state index in [1.807, 2.05) is 12.1 Å². The van der Waals surface area contributed by atoms with Crippen LogP contribution in [0.2, 0.25) is 0 Å². The summed E-state index contributed by atoms with van der Waals surface area (Å²) in [4.78, 5) is 0. The number of hydrogen-bond donors (Lipinski definition) is 0. The van der Waals surface area contributed by atoms with Gasteiger partial charge in [-0.2, -0.15) is 8.78 Å². The normalized spacial score (nSPS) is 18.7. The average Bonchev–Trinajstić information content (AvgIpc) is 2.86. The van der Waals surface area contributed by atoms with Crippen molar-refractivity contribution in [3.05, 3.63) is 70.5 Å². The molecule has 0 saturated heterocycles. The summed E-state index contributed by atoms with van der Waals surface area (Å²) in [6, 6.07) is 12.5. The van der Waals surface area contributed by atoms with Gasteiger partial charge >= 0.3 is 6.11 Å². The van der Waals surface area contributed by atoms with Crippen molar-refractivity contribution in [3.8, 4) is 0 Å². The summed E-state index contributed by atoms with van der Waals surface area (Å²) in [5.41, 5.74) is 2.87. The predicted molar refractivity (Wildman–Crippen MR) is 138 cm³/mol. The second-order valence-electron chi connectivity index (χ2n) is 10.4. The van der Waals surface area contributed by atoms with Crippen LogP contribution in [0.1, 0.15) is 113 Å². The third-order valence-electron chi connectivity index (χ3n) is 7.55. The van der Waals surface area contributed by atoms with Crippen LogP contribution in [0.5, 0.6) is 0 Å². The van der Waals surface area contributed by atoms with Gasteiger partial charge in [0.1, 0.15) is 5.82 Å². The molecule has 3 rings (SSSR count). The Kier molecular flexibility index (Phi) is 11.2. The van der Waals surface area contributed by atoms with E-state index in [-0.39, 0.29) is 12.2 Å². The van der Waals surface area contributed by atoms with Crippen LogP contribution in [0.25, 0.3) is 0 Å². The van der Waals surface area contributed by atoms with E-state index >= 15 is 0 Å². The number of benzene rings is 2. The molecule has 0 heterocycles. The van der Waals surface area contributed by atoms with Crippen molar-refractivity contribution in [2.75, 3.05) is 0 Å². The van der Waals surface area contributed by atoms with Crippen LogP contribution in [0.3, 0.4) is 0 Å². The van der Waals surface area contributed by atoms with Crippen LogP contribution in [-0.2, 0) is 24.2 Å². The van der Waals surface area contributed by atoms with E-state index in [4.69, 9.17) is 4.74 Å². The molecule has 194 valence electrons. The molecule has 0 N–H and O–H groups in total. The molecule has 1 saturated carbocycles. The lowest BCUT2D eigenvalue weighted by Gasteiger charge is -2.29. The van der Waals surface area contributed by atoms with Crippen LogP contribution in [0.15, 0.2) is 42.5 Å². The van der Waals surface area contributed by atoms with Crippen LogP contribution in [0, 0.1) is 11.7 Å². The van der Waals surface area contributed by atoms with E-state index in [9.17, 15) is 13.2 Å². The second kappa shape index (κ2) is 14.1. The summed E-state index contributed by atoms with van der Waals surface area (Å²) in [7, 11) is 0. The lowest BCUT2D eigenvalue weighted by Crippen LogP contribution is -2.24. The SMILES string of the molecule is CCCCCc1ccc(CC(F)(F)OCc2ccc(C3CCC(CCCCC)CC3)cc2)c(F)c1. The molecule has 0 atom stereocenters. The Morgan fingerprint density at radius 2 is 1.49 bits per heavy atom. The Bertz CT molecular complexity index is 869. The van der Waals surface area contributed by atoms with Gasteiger partial charge in [-0.1, -0.05) is 88.8 Å². The summed E-state index contributed by atoms with van der Waals surface area (Å²) < 4.78 is 48.2. The minimum Gasteiger partial charge on any atom is -0.315 e. The average molecular weight is 489 g/mol. The van der Waals surface area contributed by atoms with Crippen LogP contribution >= 0.6 is 0 Å². The van der Waals surface area contributed by atoms with Gasteiger partial charge in [0.25, 0.3) is 0 Å². The third-order valence-corrected chi connectivity index (χ3v) is 7.55. The molecule has 0 aliphatic heterocycles. The molecule has 1 nitrogen and oxygen atoms in total. The standard InChI is InChI=1S/C31H43F3O/c1-3-5-7-9-24-11-16-27(17-12-24)28-18-14-26(15-19-28)23-35-31(33,34)22-29-20-13-25(21-30(29)32)10-8-6-4-2/h13-15,18-21,24,27H,3-12,16-17,22-23H2,1-2H3. The Balaban J connectivity index is 1.45. The molecule has 0 amide bonds. The molecular weight excluding hydrogens is 445 g/mol. The first-order chi connectivity index (χ1) is 16.9. The maximum Gasteiger partial charge on any atom is 0.360 e. The van der Waals surface area contributed by atoms with Gasteiger partial charge in [0.15, 0.2) is 0 Å². The summed E-state index contributed by atoms with van der Waals surface area (Å²) >= 11 is 0. The summed E-state index contributed by atoms with van der Waals surface area (Å²) in [5, 5.41) is 0. The highest BCUT2D eigenvalue weighted by Crippen LogP contribution is 2.38. The molecule has 1 fully saturated rings. The number of ether oxygens (including phenoxy) is 1. The molecule has 0 aromatic heterocycles. The molecule has 1 aliphatic carbocycles. The number of rotatable bonds is 14. The minimum atomic E-state index is -3.42. The second-order valence-corrected chi connectivity index (χ2v) is 10.4. The summed E-state index contributed by atoms with van der Waals surface area (Å²) in [5.74, 6) is 0.864. The molecule has 0 spiro atoms. The van der Waals surface area contributed by atoms with Crippen LogP contribution in [0.4, 0.5) is 13.2 Å². The van der Waals surface area contributed by atoms with Gasteiger partial charge in [-0.25, -0.2) is 4.39 Å². The van der Waals surface area contributed by atoms with E-state index in [1.165, 1.54) is 69.1 Å². The van der Waals surface area contributed by atoms with Gasteiger partial charge in [-0.05, 0) is 78.7 Å². The first kappa shape index (κ1) is 27.8.